The minimum Gasteiger partial charge on any atom is -0.454 e. The van der Waals surface area contributed by atoms with Gasteiger partial charge in [0.05, 0.1) is 0 Å². The van der Waals surface area contributed by atoms with E-state index in [1.165, 1.54) is 0 Å². The second kappa shape index (κ2) is 8.83. The van der Waals surface area contributed by atoms with Gasteiger partial charge in [0.2, 0.25) is 6.79 Å². The topological polar surface area (TPSA) is 110 Å². The molecule has 2 aromatic carbocycles. The lowest BCUT2D eigenvalue weighted by Crippen LogP contribution is -2.11. The molecule has 3 N–H and O–H groups in total. The lowest BCUT2D eigenvalue weighted by atomic mass is 10.2. The molecule has 1 amide bonds. The average Bonchev–Trinajstić information content (AvgIpc) is 3.29. The van der Waals surface area contributed by atoms with Crippen LogP contribution in [0.3, 0.4) is 0 Å². The Kier molecular flexibility index (Phi) is 5.42. The van der Waals surface area contributed by atoms with E-state index in [-0.39, 0.29) is 12.7 Å². The van der Waals surface area contributed by atoms with Gasteiger partial charge in [0, 0.05) is 29.2 Å². The number of benzene rings is 2. The van der Waals surface area contributed by atoms with E-state index in [1.54, 1.807) is 30.5 Å². The van der Waals surface area contributed by atoms with Crippen LogP contribution in [-0.4, -0.2) is 27.7 Å². The quantitative estimate of drug-likeness (QED) is 0.397. The highest BCUT2D eigenvalue weighted by molar-refractivity contribution is 6.04. The van der Waals surface area contributed by atoms with E-state index in [9.17, 15) is 4.79 Å². The normalized spacial score (nSPS) is 11.7. The SMILES string of the molecule is Cc1nc(Nc2ccc(NC(=O)c3ccc4c(c3)OCO4)cc2)cc(Nc2ccccn2)n1. The Morgan fingerprint density at radius 1 is 0.818 bits per heavy atom. The van der Waals surface area contributed by atoms with Crippen LogP contribution in [-0.2, 0) is 0 Å². The molecule has 9 heteroatoms. The first-order valence-corrected chi connectivity index (χ1v) is 10.2. The third-order valence-electron chi connectivity index (χ3n) is 4.81. The van der Waals surface area contributed by atoms with Crippen LogP contribution in [0.25, 0.3) is 0 Å². The van der Waals surface area contributed by atoms with Crippen LogP contribution >= 0.6 is 0 Å². The van der Waals surface area contributed by atoms with E-state index in [0.29, 0.717) is 46.0 Å². The zero-order valence-electron chi connectivity index (χ0n) is 17.7. The Labute approximate surface area is 189 Å². The summed E-state index contributed by atoms with van der Waals surface area (Å²) in [5.74, 6) is 3.56. The third-order valence-corrected chi connectivity index (χ3v) is 4.81. The molecule has 0 fully saturated rings. The van der Waals surface area contributed by atoms with E-state index in [1.807, 2.05) is 49.4 Å². The van der Waals surface area contributed by atoms with Gasteiger partial charge in [0.25, 0.3) is 5.91 Å². The van der Waals surface area contributed by atoms with Gasteiger partial charge in [-0.25, -0.2) is 15.0 Å². The second-order valence-corrected chi connectivity index (χ2v) is 7.25. The number of carbonyl (C=O) groups is 1. The van der Waals surface area contributed by atoms with Gasteiger partial charge < -0.3 is 25.4 Å². The number of hydrogen-bond acceptors (Lipinski definition) is 8. The minimum atomic E-state index is -0.231. The summed E-state index contributed by atoms with van der Waals surface area (Å²) in [4.78, 5) is 25.6. The van der Waals surface area contributed by atoms with Crippen LogP contribution in [0.5, 0.6) is 11.5 Å². The van der Waals surface area contributed by atoms with Crippen molar-refractivity contribution in [1.29, 1.82) is 0 Å². The number of hydrogen-bond donors (Lipinski definition) is 3. The number of aryl methyl sites for hydroxylation is 1. The van der Waals surface area contributed by atoms with Crippen molar-refractivity contribution in [2.24, 2.45) is 0 Å². The summed E-state index contributed by atoms with van der Waals surface area (Å²) in [7, 11) is 0. The molecule has 0 radical (unpaired) electrons. The van der Waals surface area contributed by atoms with Crippen LogP contribution in [0.4, 0.5) is 28.8 Å². The number of anilines is 5. The molecule has 3 heterocycles. The van der Waals surface area contributed by atoms with Crippen molar-refractivity contribution in [3.63, 3.8) is 0 Å². The molecule has 33 heavy (non-hydrogen) atoms. The largest absolute Gasteiger partial charge is 0.454 e. The molecule has 0 unspecified atom stereocenters. The van der Waals surface area contributed by atoms with Crippen molar-refractivity contribution >= 4 is 34.7 Å². The lowest BCUT2D eigenvalue weighted by molar-refractivity contribution is 0.102. The van der Waals surface area contributed by atoms with Gasteiger partial charge in [-0.1, -0.05) is 6.07 Å². The molecule has 0 bridgehead atoms. The number of pyridine rings is 1. The molecule has 0 atom stereocenters. The molecule has 9 nitrogen and oxygen atoms in total. The second-order valence-electron chi connectivity index (χ2n) is 7.25. The van der Waals surface area contributed by atoms with Crippen molar-refractivity contribution in [3.8, 4) is 11.5 Å². The van der Waals surface area contributed by atoms with E-state index in [0.717, 1.165) is 5.69 Å². The molecule has 1 aliphatic heterocycles. The molecule has 0 saturated carbocycles. The zero-order chi connectivity index (χ0) is 22.6. The predicted octanol–water partition coefficient (Wildman–Crippen LogP) is 4.65. The third kappa shape index (κ3) is 4.82. The highest BCUT2D eigenvalue weighted by atomic mass is 16.7. The standard InChI is InChI=1S/C24H20N6O3/c1-15-26-22(13-23(27-15)30-21-4-2-3-11-25-21)28-17-6-8-18(9-7-17)29-24(31)16-5-10-19-20(12-16)33-14-32-19/h2-13H,14H2,1H3,(H,29,31)(H2,25,26,27,28,30). The summed E-state index contributed by atoms with van der Waals surface area (Å²) < 4.78 is 10.6. The first-order valence-electron chi connectivity index (χ1n) is 10.2. The zero-order valence-corrected chi connectivity index (χ0v) is 17.7. The van der Waals surface area contributed by atoms with Gasteiger partial charge in [-0.15, -0.1) is 0 Å². The molecule has 164 valence electrons. The monoisotopic (exact) mass is 440 g/mol. The number of nitrogens with zero attached hydrogens (tertiary/aromatic N) is 3. The highest BCUT2D eigenvalue weighted by Gasteiger charge is 2.16. The summed E-state index contributed by atoms with van der Waals surface area (Å²) in [6.45, 7) is 1.99. The predicted molar refractivity (Wildman–Crippen MR) is 125 cm³/mol. The Morgan fingerprint density at radius 2 is 1.58 bits per heavy atom. The smallest absolute Gasteiger partial charge is 0.255 e. The molecular weight excluding hydrogens is 420 g/mol. The van der Waals surface area contributed by atoms with E-state index in [2.05, 4.69) is 30.9 Å². The molecule has 1 aliphatic rings. The lowest BCUT2D eigenvalue weighted by Gasteiger charge is -2.11. The van der Waals surface area contributed by atoms with E-state index in [4.69, 9.17) is 9.47 Å². The number of nitrogens with one attached hydrogen (secondary N) is 3. The summed E-state index contributed by atoms with van der Waals surface area (Å²) in [6, 6.07) is 19.9. The Morgan fingerprint density at radius 3 is 2.36 bits per heavy atom. The minimum absolute atomic E-state index is 0.168. The van der Waals surface area contributed by atoms with Crippen molar-refractivity contribution < 1.29 is 14.3 Å². The number of fused-ring (bicyclic) bond motifs is 1. The van der Waals surface area contributed by atoms with Crippen LogP contribution in [0.15, 0.2) is 72.9 Å². The summed E-state index contributed by atoms with van der Waals surface area (Å²) in [5, 5.41) is 9.30. The first-order chi connectivity index (χ1) is 16.1. The highest BCUT2D eigenvalue weighted by Crippen LogP contribution is 2.32. The van der Waals surface area contributed by atoms with Gasteiger partial charge in [-0.2, -0.15) is 0 Å². The van der Waals surface area contributed by atoms with Crippen LogP contribution in [0, 0.1) is 6.92 Å². The van der Waals surface area contributed by atoms with Gasteiger partial charge >= 0.3 is 0 Å². The van der Waals surface area contributed by atoms with Crippen LogP contribution in [0.1, 0.15) is 16.2 Å². The maximum absolute atomic E-state index is 12.6. The fourth-order valence-corrected chi connectivity index (χ4v) is 3.29. The average molecular weight is 440 g/mol. The Balaban J connectivity index is 1.25. The summed E-state index contributed by atoms with van der Waals surface area (Å²) in [6.07, 6.45) is 1.71. The molecule has 2 aromatic heterocycles. The van der Waals surface area contributed by atoms with Gasteiger partial charge in [0.1, 0.15) is 23.3 Å². The first kappa shape index (κ1) is 20.3. The Hall–Kier alpha value is -4.66. The van der Waals surface area contributed by atoms with Gasteiger partial charge in [-0.05, 0) is 61.5 Å². The van der Waals surface area contributed by atoms with E-state index < -0.39 is 0 Å². The van der Waals surface area contributed by atoms with Crippen molar-refractivity contribution in [3.05, 3.63) is 84.3 Å². The molecule has 4 aromatic rings. The molecule has 0 aliphatic carbocycles. The fourth-order valence-electron chi connectivity index (χ4n) is 3.29. The molecular formula is C24H20N6O3. The number of amides is 1. The van der Waals surface area contributed by atoms with E-state index >= 15 is 0 Å². The van der Waals surface area contributed by atoms with Crippen molar-refractivity contribution in [1.82, 2.24) is 15.0 Å². The fraction of sp³-hybridized carbons (Fsp3) is 0.0833. The summed E-state index contributed by atoms with van der Waals surface area (Å²) in [5.41, 5.74) is 1.98. The van der Waals surface area contributed by atoms with Gasteiger partial charge in [0.15, 0.2) is 11.5 Å². The Bertz CT molecular complexity index is 1300. The van der Waals surface area contributed by atoms with Crippen LogP contribution in [0.2, 0.25) is 0 Å². The summed E-state index contributed by atoms with van der Waals surface area (Å²) >= 11 is 0. The number of rotatable bonds is 6. The number of ether oxygens (including phenoxy) is 2. The number of aromatic nitrogens is 3. The maximum atomic E-state index is 12.6. The van der Waals surface area contributed by atoms with Crippen molar-refractivity contribution in [2.45, 2.75) is 6.92 Å². The maximum Gasteiger partial charge on any atom is 0.255 e. The van der Waals surface area contributed by atoms with Gasteiger partial charge in [-0.3, -0.25) is 4.79 Å². The van der Waals surface area contributed by atoms with Crippen molar-refractivity contribution in [2.75, 3.05) is 22.7 Å². The van der Waals surface area contributed by atoms with Crippen LogP contribution < -0.4 is 25.4 Å². The molecule has 0 spiro atoms. The molecule has 0 saturated heterocycles. The molecule has 5 rings (SSSR count). The number of carbonyl (C=O) groups excluding carboxylic acids is 1.